The van der Waals surface area contributed by atoms with Gasteiger partial charge < -0.3 is 15.2 Å². The number of hydrogen-bond donors (Lipinski definition) is 1. The summed E-state index contributed by atoms with van der Waals surface area (Å²) in [5, 5.41) is 0. The van der Waals surface area contributed by atoms with Crippen molar-refractivity contribution in [3.63, 3.8) is 0 Å². The summed E-state index contributed by atoms with van der Waals surface area (Å²) < 4.78 is 10.8. The molecule has 1 heterocycles. The molecular formula is C16H25NO2. The van der Waals surface area contributed by atoms with Crippen LogP contribution in [-0.2, 0) is 15.9 Å². The SMILES string of the molecule is CCC1OCCC1C(N)c1ccc(CCOC)cc1. The van der Waals surface area contributed by atoms with Gasteiger partial charge in [-0.05, 0) is 30.4 Å². The van der Waals surface area contributed by atoms with Gasteiger partial charge in [-0.25, -0.2) is 0 Å². The molecule has 1 saturated heterocycles. The fourth-order valence-corrected chi connectivity index (χ4v) is 2.87. The first-order valence-corrected chi connectivity index (χ1v) is 7.21. The molecule has 1 aromatic carbocycles. The molecule has 2 N–H and O–H groups in total. The number of ether oxygens (including phenoxy) is 2. The first-order chi connectivity index (χ1) is 9.26. The van der Waals surface area contributed by atoms with E-state index in [0.29, 0.717) is 12.0 Å². The van der Waals surface area contributed by atoms with E-state index >= 15 is 0 Å². The van der Waals surface area contributed by atoms with Crippen molar-refractivity contribution in [3.05, 3.63) is 35.4 Å². The van der Waals surface area contributed by atoms with Gasteiger partial charge in [0.15, 0.2) is 0 Å². The zero-order valence-electron chi connectivity index (χ0n) is 12.0. The molecule has 0 bridgehead atoms. The predicted molar refractivity (Wildman–Crippen MR) is 77.1 cm³/mol. The summed E-state index contributed by atoms with van der Waals surface area (Å²) in [4.78, 5) is 0. The van der Waals surface area contributed by atoms with Crippen LogP contribution in [0.2, 0.25) is 0 Å². The molecule has 3 heteroatoms. The molecule has 19 heavy (non-hydrogen) atoms. The van der Waals surface area contributed by atoms with Crippen LogP contribution in [0, 0.1) is 5.92 Å². The quantitative estimate of drug-likeness (QED) is 0.858. The second-order valence-electron chi connectivity index (χ2n) is 5.28. The molecule has 106 valence electrons. The normalized spacial score (nSPS) is 24.6. The molecule has 0 saturated carbocycles. The molecule has 3 unspecified atom stereocenters. The summed E-state index contributed by atoms with van der Waals surface area (Å²) in [5.74, 6) is 0.454. The van der Waals surface area contributed by atoms with Gasteiger partial charge in [-0.2, -0.15) is 0 Å². The van der Waals surface area contributed by atoms with Gasteiger partial charge in [-0.1, -0.05) is 31.2 Å². The van der Waals surface area contributed by atoms with Crippen LogP contribution >= 0.6 is 0 Å². The lowest BCUT2D eigenvalue weighted by Crippen LogP contribution is -2.27. The Morgan fingerprint density at radius 1 is 1.37 bits per heavy atom. The maximum absolute atomic E-state index is 6.41. The number of benzene rings is 1. The van der Waals surface area contributed by atoms with E-state index in [2.05, 4.69) is 31.2 Å². The third kappa shape index (κ3) is 3.56. The number of methoxy groups -OCH3 is 1. The lowest BCUT2D eigenvalue weighted by Gasteiger charge is -2.24. The van der Waals surface area contributed by atoms with Gasteiger partial charge in [0.1, 0.15) is 0 Å². The third-order valence-electron chi connectivity index (χ3n) is 4.08. The van der Waals surface area contributed by atoms with E-state index < -0.39 is 0 Å². The van der Waals surface area contributed by atoms with Crippen molar-refractivity contribution >= 4 is 0 Å². The van der Waals surface area contributed by atoms with Crippen LogP contribution in [-0.4, -0.2) is 26.4 Å². The van der Waals surface area contributed by atoms with E-state index in [4.69, 9.17) is 15.2 Å². The average Bonchev–Trinajstić information content (AvgIpc) is 2.93. The Bertz CT molecular complexity index is 377. The summed E-state index contributed by atoms with van der Waals surface area (Å²) in [6, 6.07) is 8.71. The Labute approximate surface area is 116 Å². The Morgan fingerprint density at radius 3 is 2.74 bits per heavy atom. The van der Waals surface area contributed by atoms with E-state index in [1.807, 2.05) is 0 Å². The largest absolute Gasteiger partial charge is 0.384 e. The highest BCUT2D eigenvalue weighted by molar-refractivity contribution is 5.26. The summed E-state index contributed by atoms with van der Waals surface area (Å²) in [6.45, 7) is 3.78. The van der Waals surface area contributed by atoms with Crippen molar-refractivity contribution < 1.29 is 9.47 Å². The Balaban J connectivity index is 2.00. The Morgan fingerprint density at radius 2 is 2.11 bits per heavy atom. The highest BCUT2D eigenvalue weighted by Gasteiger charge is 2.32. The molecular weight excluding hydrogens is 238 g/mol. The van der Waals surface area contributed by atoms with Crippen LogP contribution in [0.5, 0.6) is 0 Å². The zero-order valence-corrected chi connectivity index (χ0v) is 12.0. The fraction of sp³-hybridized carbons (Fsp3) is 0.625. The summed E-state index contributed by atoms with van der Waals surface area (Å²) in [6.07, 6.45) is 3.40. The van der Waals surface area contributed by atoms with E-state index in [0.717, 1.165) is 32.5 Å². The van der Waals surface area contributed by atoms with Gasteiger partial charge in [0.2, 0.25) is 0 Å². The van der Waals surface area contributed by atoms with E-state index in [1.165, 1.54) is 11.1 Å². The molecule has 0 spiro atoms. The first kappa shape index (κ1) is 14.5. The molecule has 2 rings (SSSR count). The summed E-state index contributed by atoms with van der Waals surface area (Å²) in [7, 11) is 1.73. The van der Waals surface area contributed by atoms with Gasteiger partial charge in [0.25, 0.3) is 0 Å². The highest BCUT2D eigenvalue weighted by Crippen LogP contribution is 2.33. The maximum atomic E-state index is 6.41. The van der Waals surface area contributed by atoms with Crippen molar-refractivity contribution in [3.8, 4) is 0 Å². The minimum Gasteiger partial charge on any atom is -0.384 e. The van der Waals surface area contributed by atoms with Gasteiger partial charge in [0.05, 0.1) is 12.7 Å². The number of nitrogens with two attached hydrogens (primary N) is 1. The Kier molecular flexibility index (Phi) is 5.37. The lowest BCUT2D eigenvalue weighted by atomic mass is 9.87. The summed E-state index contributed by atoms with van der Waals surface area (Å²) >= 11 is 0. The van der Waals surface area contributed by atoms with Crippen molar-refractivity contribution in [2.45, 2.75) is 38.3 Å². The van der Waals surface area contributed by atoms with Crippen LogP contribution in [0.4, 0.5) is 0 Å². The van der Waals surface area contributed by atoms with Crippen LogP contribution in [0.3, 0.4) is 0 Å². The third-order valence-corrected chi connectivity index (χ3v) is 4.08. The molecule has 0 amide bonds. The average molecular weight is 263 g/mol. The maximum Gasteiger partial charge on any atom is 0.0619 e. The monoisotopic (exact) mass is 263 g/mol. The van der Waals surface area contributed by atoms with Crippen LogP contribution in [0.25, 0.3) is 0 Å². The van der Waals surface area contributed by atoms with Crippen LogP contribution in [0.15, 0.2) is 24.3 Å². The second-order valence-corrected chi connectivity index (χ2v) is 5.28. The minimum atomic E-state index is 0.0870. The molecule has 1 fully saturated rings. The summed E-state index contributed by atoms with van der Waals surface area (Å²) in [5.41, 5.74) is 8.93. The second kappa shape index (κ2) is 7.04. The topological polar surface area (TPSA) is 44.5 Å². The van der Waals surface area contributed by atoms with Crippen molar-refractivity contribution in [2.24, 2.45) is 11.7 Å². The first-order valence-electron chi connectivity index (χ1n) is 7.21. The fourth-order valence-electron chi connectivity index (χ4n) is 2.87. The minimum absolute atomic E-state index is 0.0870. The Hall–Kier alpha value is -0.900. The van der Waals surface area contributed by atoms with Crippen molar-refractivity contribution in [2.75, 3.05) is 20.3 Å². The number of rotatable bonds is 6. The smallest absolute Gasteiger partial charge is 0.0619 e. The van der Waals surface area contributed by atoms with Crippen molar-refractivity contribution in [1.29, 1.82) is 0 Å². The molecule has 1 aromatic rings. The number of hydrogen-bond acceptors (Lipinski definition) is 3. The predicted octanol–water partition coefficient (Wildman–Crippen LogP) is 2.69. The molecule has 3 atom stereocenters. The molecule has 0 radical (unpaired) electrons. The molecule has 3 nitrogen and oxygen atoms in total. The van der Waals surface area contributed by atoms with E-state index in [9.17, 15) is 0 Å². The molecule has 1 aliphatic rings. The van der Waals surface area contributed by atoms with Crippen LogP contribution < -0.4 is 5.73 Å². The van der Waals surface area contributed by atoms with E-state index in [-0.39, 0.29) is 6.04 Å². The standard InChI is InChI=1S/C16H25NO2/c1-3-15-14(9-11-19-15)16(17)13-6-4-12(5-7-13)8-10-18-2/h4-7,14-16H,3,8-11,17H2,1-2H3. The molecule has 0 aliphatic carbocycles. The van der Waals surface area contributed by atoms with Crippen molar-refractivity contribution in [1.82, 2.24) is 0 Å². The van der Waals surface area contributed by atoms with Gasteiger partial charge in [-0.15, -0.1) is 0 Å². The van der Waals surface area contributed by atoms with Gasteiger partial charge in [0, 0.05) is 25.7 Å². The lowest BCUT2D eigenvalue weighted by molar-refractivity contribution is 0.0813. The highest BCUT2D eigenvalue weighted by atomic mass is 16.5. The zero-order chi connectivity index (χ0) is 13.7. The molecule has 0 aromatic heterocycles. The van der Waals surface area contributed by atoms with Gasteiger partial charge >= 0.3 is 0 Å². The molecule has 1 aliphatic heterocycles. The van der Waals surface area contributed by atoms with Gasteiger partial charge in [-0.3, -0.25) is 0 Å². The van der Waals surface area contributed by atoms with E-state index in [1.54, 1.807) is 7.11 Å². The van der Waals surface area contributed by atoms with Crippen LogP contribution in [0.1, 0.15) is 36.9 Å².